The highest BCUT2D eigenvalue weighted by atomic mass is 16.2. The first-order valence-electron chi connectivity index (χ1n) is 9.13. The van der Waals surface area contributed by atoms with Gasteiger partial charge in [-0.15, -0.1) is 0 Å². The number of benzene rings is 1. The molecule has 0 saturated carbocycles. The maximum absolute atomic E-state index is 11.9. The molecule has 0 aliphatic carbocycles. The SMILES string of the molecule is C=CC(=O)N1CCC=C(c2cc(-c3ccc4c(c3)CCNC4=O)n(C)n2)C1. The number of fused-ring (bicyclic) bond motifs is 1. The predicted octanol–water partition coefficient (Wildman–Crippen LogP) is 2.17. The number of hydrogen-bond donors (Lipinski definition) is 1. The van der Waals surface area contributed by atoms with Gasteiger partial charge in [-0.05, 0) is 48.3 Å². The molecule has 0 saturated heterocycles. The molecule has 6 heteroatoms. The number of hydrogen-bond acceptors (Lipinski definition) is 3. The van der Waals surface area contributed by atoms with Gasteiger partial charge < -0.3 is 10.2 Å². The molecule has 1 N–H and O–H groups in total. The average molecular weight is 362 g/mol. The zero-order chi connectivity index (χ0) is 19.0. The van der Waals surface area contributed by atoms with E-state index in [1.165, 1.54) is 6.08 Å². The van der Waals surface area contributed by atoms with E-state index in [1.807, 2.05) is 23.9 Å². The third-order valence-corrected chi connectivity index (χ3v) is 5.17. The molecule has 0 atom stereocenters. The summed E-state index contributed by atoms with van der Waals surface area (Å²) in [5, 5.41) is 7.53. The van der Waals surface area contributed by atoms with Gasteiger partial charge in [0.1, 0.15) is 0 Å². The van der Waals surface area contributed by atoms with Crippen molar-refractivity contribution in [1.29, 1.82) is 0 Å². The molecule has 138 valence electrons. The van der Waals surface area contributed by atoms with Crippen molar-refractivity contribution in [3.8, 4) is 11.3 Å². The molecule has 2 aliphatic heterocycles. The summed E-state index contributed by atoms with van der Waals surface area (Å²) >= 11 is 0. The highest BCUT2D eigenvalue weighted by Gasteiger charge is 2.21. The Morgan fingerprint density at radius 1 is 1.33 bits per heavy atom. The lowest BCUT2D eigenvalue weighted by atomic mass is 9.96. The lowest BCUT2D eigenvalue weighted by Gasteiger charge is -2.25. The Morgan fingerprint density at radius 2 is 2.19 bits per heavy atom. The maximum atomic E-state index is 11.9. The fourth-order valence-corrected chi connectivity index (χ4v) is 3.73. The topological polar surface area (TPSA) is 67.2 Å². The van der Waals surface area contributed by atoms with Crippen LogP contribution >= 0.6 is 0 Å². The van der Waals surface area contributed by atoms with Crippen LogP contribution < -0.4 is 5.32 Å². The second-order valence-electron chi connectivity index (χ2n) is 6.90. The van der Waals surface area contributed by atoms with Crippen molar-refractivity contribution in [1.82, 2.24) is 20.0 Å². The number of nitrogens with one attached hydrogen (secondary N) is 1. The van der Waals surface area contributed by atoms with Crippen molar-refractivity contribution in [2.24, 2.45) is 7.05 Å². The van der Waals surface area contributed by atoms with Crippen LogP contribution in [0.1, 0.15) is 28.0 Å². The van der Waals surface area contributed by atoms with Crippen LogP contribution in [0.25, 0.3) is 16.8 Å². The largest absolute Gasteiger partial charge is 0.352 e. The molecule has 4 rings (SSSR count). The molecule has 0 radical (unpaired) electrons. The van der Waals surface area contributed by atoms with E-state index in [2.05, 4.69) is 35.2 Å². The second-order valence-corrected chi connectivity index (χ2v) is 6.90. The quantitative estimate of drug-likeness (QED) is 0.851. The number of nitrogens with zero attached hydrogens (tertiary/aromatic N) is 3. The molecule has 6 nitrogen and oxygen atoms in total. The van der Waals surface area contributed by atoms with Crippen molar-refractivity contribution in [2.45, 2.75) is 12.8 Å². The normalized spacial score (nSPS) is 16.4. The van der Waals surface area contributed by atoms with Crippen LogP contribution in [0.3, 0.4) is 0 Å². The maximum Gasteiger partial charge on any atom is 0.251 e. The summed E-state index contributed by atoms with van der Waals surface area (Å²) in [6, 6.07) is 7.99. The van der Waals surface area contributed by atoms with Crippen LogP contribution in [-0.4, -0.2) is 46.1 Å². The second kappa shape index (κ2) is 6.87. The van der Waals surface area contributed by atoms with E-state index in [1.54, 1.807) is 4.90 Å². The number of rotatable bonds is 3. The van der Waals surface area contributed by atoms with Crippen LogP contribution in [0, 0.1) is 0 Å². The first kappa shape index (κ1) is 17.3. The number of amides is 2. The van der Waals surface area contributed by atoms with Gasteiger partial charge in [0.15, 0.2) is 0 Å². The molecule has 0 fully saturated rings. The molecule has 1 aromatic heterocycles. The third kappa shape index (κ3) is 3.18. The highest BCUT2D eigenvalue weighted by Crippen LogP contribution is 2.28. The minimum absolute atomic E-state index is 0.00664. The Balaban J connectivity index is 1.64. The first-order chi connectivity index (χ1) is 13.1. The molecule has 0 bridgehead atoms. The molecule has 2 aliphatic rings. The van der Waals surface area contributed by atoms with E-state index in [4.69, 9.17) is 0 Å². The van der Waals surface area contributed by atoms with Gasteiger partial charge in [0, 0.05) is 37.8 Å². The first-order valence-corrected chi connectivity index (χ1v) is 9.13. The summed E-state index contributed by atoms with van der Waals surface area (Å²) in [5.74, 6) is -0.0578. The molecule has 2 aromatic rings. The van der Waals surface area contributed by atoms with Crippen molar-refractivity contribution in [2.75, 3.05) is 19.6 Å². The molecule has 0 unspecified atom stereocenters. The summed E-state index contributed by atoms with van der Waals surface area (Å²) in [5.41, 5.74) is 5.78. The molecule has 3 heterocycles. The fourth-order valence-electron chi connectivity index (χ4n) is 3.73. The molecular formula is C21H22N4O2. The smallest absolute Gasteiger partial charge is 0.251 e. The molecule has 1 aromatic carbocycles. The molecule has 27 heavy (non-hydrogen) atoms. The minimum Gasteiger partial charge on any atom is -0.352 e. The summed E-state index contributed by atoms with van der Waals surface area (Å²) in [6.45, 7) is 5.50. The van der Waals surface area contributed by atoms with Crippen molar-refractivity contribution < 1.29 is 9.59 Å². The Hall–Kier alpha value is -3.15. The van der Waals surface area contributed by atoms with E-state index in [-0.39, 0.29) is 11.8 Å². The van der Waals surface area contributed by atoms with E-state index >= 15 is 0 Å². The standard InChI is InChI=1S/C21H22N4O2/c1-3-20(26)25-10-4-5-16(13-25)18-12-19(24(2)23-18)15-6-7-17-14(11-15)8-9-22-21(17)27/h3,5-7,11-12H,1,4,8-10,13H2,2H3,(H,22,27). The van der Waals surface area contributed by atoms with Gasteiger partial charge in [0.25, 0.3) is 5.91 Å². The monoisotopic (exact) mass is 362 g/mol. The number of carbonyl (C=O) groups is 2. The third-order valence-electron chi connectivity index (χ3n) is 5.17. The van der Waals surface area contributed by atoms with Gasteiger partial charge in [-0.3, -0.25) is 14.3 Å². The Kier molecular flexibility index (Phi) is 4.39. The molecule has 0 spiro atoms. The predicted molar refractivity (Wildman–Crippen MR) is 104 cm³/mol. The van der Waals surface area contributed by atoms with E-state index < -0.39 is 0 Å². The Bertz CT molecular complexity index is 971. The van der Waals surface area contributed by atoms with E-state index in [9.17, 15) is 9.59 Å². The van der Waals surface area contributed by atoms with Crippen LogP contribution in [0.5, 0.6) is 0 Å². The van der Waals surface area contributed by atoms with Crippen LogP contribution in [0.4, 0.5) is 0 Å². The number of carbonyl (C=O) groups excluding carboxylic acids is 2. The van der Waals surface area contributed by atoms with Gasteiger partial charge in [0.05, 0.1) is 11.4 Å². The van der Waals surface area contributed by atoms with Gasteiger partial charge in [-0.25, -0.2) is 0 Å². The Morgan fingerprint density at radius 3 is 3.00 bits per heavy atom. The van der Waals surface area contributed by atoms with Crippen LogP contribution in [0.2, 0.25) is 0 Å². The van der Waals surface area contributed by atoms with E-state index in [0.717, 1.165) is 46.5 Å². The summed E-state index contributed by atoms with van der Waals surface area (Å²) in [7, 11) is 1.92. The van der Waals surface area contributed by atoms with Crippen molar-refractivity contribution in [3.63, 3.8) is 0 Å². The number of aromatic nitrogens is 2. The fraction of sp³-hybridized carbons (Fsp3) is 0.286. The number of aryl methyl sites for hydroxylation is 1. The Labute approximate surface area is 158 Å². The van der Waals surface area contributed by atoms with Crippen LogP contribution in [-0.2, 0) is 18.3 Å². The van der Waals surface area contributed by atoms with Gasteiger partial charge >= 0.3 is 0 Å². The lowest BCUT2D eigenvalue weighted by Crippen LogP contribution is -2.34. The summed E-state index contributed by atoms with van der Waals surface area (Å²) < 4.78 is 1.86. The summed E-state index contributed by atoms with van der Waals surface area (Å²) in [4.78, 5) is 25.7. The minimum atomic E-state index is -0.0512. The van der Waals surface area contributed by atoms with Crippen molar-refractivity contribution >= 4 is 17.4 Å². The van der Waals surface area contributed by atoms with E-state index in [0.29, 0.717) is 19.6 Å². The molecular weight excluding hydrogens is 340 g/mol. The van der Waals surface area contributed by atoms with Gasteiger partial charge in [-0.2, -0.15) is 5.10 Å². The highest BCUT2D eigenvalue weighted by molar-refractivity contribution is 5.97. The molecule has 2 amide bonds. The van der Waals surface area contributed by atoms with Crippen LogP contribution in [0.15, 0.2) is 43.0 Å². The van der Waals surface area contributed by atoms with Crippen molar-refractivity contribution in [3.05, 3.63) is 59.8 Å². The lowest BCUT2D eigenvalue weighted by molar-refractivity contribution is -0.125. The zero-order valence-corrected chi connectivity index (χ0v) is 15.4. The zero-order valence-electron chi connectivity index (χ0n) is 15.4. The average Bonchev–Trinajstić information content (AvgIpc) is 3.09. The van der Waals surface area contributed by atoms with Gasteiger partial charge in [0.2, 0.25) is 5.91 Å². The summed E-state index contributed by atoms with van der Waals surface area (Å²) in [6.07, 6.45) is 5.16. The van der Waals surface area contributed by atoms with Gasteiger partial charge in [-0.1, -0.05) is 18.7 Å².